The lowest BCUT2D eigenvalue weighted by Crippen LogP contribution is -2.37. The summed E-state index contributed by atoms with van der Waals surface area (Å²) < 4.78 is 38.0. The third-order valence-electron chi connectivity index (χ3n) is 4.40. The molecule has 1 heterocycles. The van der Waals surface area contributed by atoms with Crippen LogP contribution in [0, 0.1) is 0 Å². The molecule has 0 N–H and O–H groups in total. The van der Waals surface area contributed by atoms with Gasteiger partial charge in [-0.3, -0.25) is 4.79 Å². The molecule has 3 rings (SSSR count). The largest absolute Gasteiger partial charge is 0.416 e. The molecule has 0 bridgehead atoms. The second kappa shape index (κ2) is 5.34. The molecule has 120 valence electrons. The highest BCUT2D eigenvalue weighted by Gasteiger charge is 2.41. The van der Waals surface area contributed by atoms with Crippen molar-refractivity contribution in [1.82, 2.24) is 4.98 Å². The summed E-state index contributed by atoms with van der Waals surface area (Å²) in [5.41, 5.74) is 0.139. The van der Waals surface area contributed by atoms with Gasteiger partial charge >= 0.3 is 6.18 Å². The standard InChI is InChI=1S/C17H13ClF3NO/c1-16(10-2-4-11(5-3-10)17(19,20)21)9-8-13-12(15(16)23)6-7-14(18)22-13/h2-7H,8-9H2,1H3. The van der Waals surface area contributed by atoms with Gasteiger partial charge in [-0.25, -0.2) is 4.98 Å². The maximum Gasteiger partial charge on any atom is 0.416 e. The molecule has 1 aromatic carbocycles. The Morgan fingerprint density at radius 1 is 1.13 bits per heavy atom. The molecule has 0 spiro atoms. The van der Waals surface area contributed by atoms with Crippen molar-refractivity contribution < 1.29 is 18.0 Å². The van der Waals surface area contributed by atoms with Crippen LogP contribution in [0.2, 0.25) is 5.15 Å². The van der Waals surface area contributed by atoms with Crippen LogP contribution in [0.25, 0.3) is 0 Å². The molecule has 1 atom stereocenters. The second-order valence-corrected chi connectivity index (χ2v) is 6.25. The van der Waals surface area contributed by atoms with Crippen molar-refractivity contribution in [2.24, 2.45) is 0 Å². The zero-order valence-corrected chi connectivity index (χ0v) is 13.0. The summed E-state index contributed by atoms with van der Waals surface area (Å²) in [6, 6.07) is 7.99. The van der Waals surface area contributed by atoms with Crippen LogP contribution in [0.3, 0.4) is 0 Å². The average Bonchev–Trinajstić information content (AvgIpc) is 2.50. The number of rotatable bonds is 1. The van der Waals surface area contributed by atoms with E-state index in [0.29, 0.717) is 34.8 Å². The first kappa shape index (κ1) is 16.0. The van der Waals surface area contributed by atoms with Gasteiger partial charge in [0.15, 0.2) is 5.78 Å². The molecule has 1 aliphatic rings. The number of nitrogens with zero attached hydrogens (tertiary/aromatic N) is 1. The van der Waals surface area contributed by atoms with Crippen LogP contribution in [0.15, 0.2) is 36.4 Å². The third-order valence-corrected chi connectivity index (χ3v) is 4.61. The van der Waals surface area contributed by atoms with Gasteiger partial charge in [0.2, 0.25) is 0 Å². The number of aryl methyl sites for hydroxylation is 1. The maximum atomic E-state index is 12.8. The van der Waals surface area contributed by atoms with E-state index < -0.39 is 17.2 Å². The third kappa shape index (κ3) is 2.74. The van der Waals surface area contributed by atoms with Gasteiger partial charge in [-0.2, -0.15) is 13.2 Å². The summed E-state index contributed by atoms with van der Waals surface area (Å²) >= 11 is 5.84. The van der Waals surface area contributed by atoms with Crippen LogP contribution in [0.5, 0.6) is 0 Å². The van der Waals surface area contributed by atoms with E-state index in [2.05, 4.69) is 4.98 Å². The Labute approximate surface area is 136 Å². The molecule has 1 aliphatic carbocycles. The van der Waals surface area contributed by atoms with Gasteiger partial charge in [-0.05, 0) is 49.6 Å². The van der Waals surface area contributed by atoms with E-state index in [9.17, 15) is 18.0 Å². The Hall–Kier alpha value is -1.88. The fourth-order valence-corrected chi connectivity index (χ4v) is 3.12. The summed E-state index contributed by atoms with van der Waals surface area (Å²) in [6.07, 6.45) is -3.35. The number of carbonyl (C=O) groups excluding carboxylic acids is 1. The van der Waals surface area contributed by atoms with Crippen molar-refractivity contribution in [3.05, 3.63) is 63.9 Å². The number of carbonyl (C=O) groups is 1. The van der Waals surface area contributed by atoms with Gasteiger partial charge in [0.05, 0.1) is 16.7 Å². The lowest BCUT2D eigenvalue weighted by atomic mass is 9.69. The molecule has 0 amide bonds. The SMILES string of the molecule is CC1(c2ccc(C(F)(F)F)cc2)CCc2nc(Cl)ccc2C1=O. The Morgan fingerprint density at radius 2 is 1.78 bits per heavy atom. The Kier molecular flexibility index (Phi) is 3.71. The van der Waals surface area contributed by atoms with E-state index in [4.69, 9.17) is 11.6 Å². The summed E-state index contributed by atoms with van der Waals surface area (Å²) in [5.74, 6) is -0.136. The summed E-state index contributed by atoms with van der Waals surface area (Å²) in [6.45, 7) is 1.76. The van der Waals surface area contributed by atoms with Crippen molar-refractivity contribution in [2.75, 3.05) is 0 Å². The highest BCUT2D eigenvalue weighted by Crippen LogP contribution is 2.39. The number of benzene rings is 1. The number of halogens is 4. The highest BCUT2D eigenvalue weighted by atomic mass is 35.5. The molecule has 1 unspecified atom stereocenters. The van der Waals surface area contributed by atoms with Crippen molar-refractivity contribution in [3.8, 4) is 0 Å². The van der Waals surface area contributed by atoms with Crippen molar-refractivity contribution >= 4 is 17.4 Å². The van der Waals surface area contributed by atoms with E-state index in [1.165, 1.54) is 12.1 Å². The minimum atomic E-state index is -4.39. The van der Waals surface area contributed by atoms with Crippen LogP contribution in [0.1, 0.15) is 40.5 Å². The zero-order chi connectivity index (χ0) is 16.8. The highest BCUT2D eigenvalue weighted by molar-refractivity contribution is 6.29. The van der Waals surface area contributed by atoms with Crippen molar-refractivity contribution in [1.29, 1.82) is 0 Å². The first-order chi connectivity index (χ1) is 10.7. The molecule has 0 saturated carbocycles. The number of aromatic nitrogens is 1. The molecule has 6 heteroatoms. The van der Waals surface area contributed by atoms with Gasteiger partial charge in [-0.15, -0.1) is 0 Å². The molecular weight excluding hydrogens is 327 g/mol. The van der Waals surface area contributed by atoms with E-state index in [1.807, 2.05) is 0 Å². The molecule has 1 aromatic heterocycles. The molecule has 23 heavy (non-hydrogen) atoms. The minimum absolute atomic E-state index is 0.136. The molecule has 0 fully saturated rings. The fourth-order valence-electron chi connectivity index (χ4n) is 2.95. The fraction of sp³-hybridized carbons (Fsp3) is 0.294. The van der Waals surface area contributed by atoms with Gasteiger partial charge in [0.1, 0.15) is 5.15 Å². The van der Waals surface area contributed by atoms with Crippen molar-refractivity contribution in [3.63, 3.8) is 0 Å². The number of hydrogen-bond donors (Lipinski definition) is 0. The van der Waals surface area contributed by atoms with Gasteiger partial charge in [0.25, 0.3) is 0 Å². The van der Waals surface area contributed by atoms with Gasteiger partial charge < -0.3 is 0 Å². The molecule has 0 radical (unpaired) electrons. The van der Waals surface area contributed by atoms with E-state index in [-0.39, 0.29) is 5.78 Å². The maximum absolute atomic E-state index is 12.8. The van der Waals surface area contributed by atoms with E-state index >= 15 is 0 Å². The first-order valence-electron chi connectivity index (χ1n) is 7.10. The van der Waals surface area contributed by atoms with Crippen LogP contribution in [0.4, 0.5) is 13.2 Å². The number of hydrogen-bond acceptors (Lipinski definition) is 2. The normalized spacial score (nSPS) is 21.2. The summed E-state index contributed by atoms with van der Waals surface area (Å²) in [4.78, 5) is 17.0. The average molecular weight is 340 g/mol. The van der Waals surface area contributed by atoms with Crippen LogP contribution >= 0.6 is 11.6 Å². The molecule has 2 nitrogen and oxygen atoms in total. The molecule has 2 aromatic rings. The van der Waals surface area contributed by atoms with Crippen LogP contribution in [-0.2, 0) is 18.0 Å². The molecule has 0 saturated heterocycles. The topological polar surface area (TPSA) is 30.0 Å². The monoisotopic (exact) mass is 339 g/mol. The van der Waals surface area contributed by atoms with Crippen LogP contribution in [-0.4, -0.2) is 10.8 Å². The molecular formula is C17H13ClF3NO. The van der Waals surface area contributed by atoms with Gasteiger partial charge in [-0.1, -0.05) is 23.7 Å². The summed E-state index contributed by atoms with van der Waals surface area (Å²) in [5, 5.41) is 0.328. The number of ketones is 1. The second-order valence-electron chi connectivity index (χ2n) is 5.86. The van der Waals surface area contributed by atoms with Crippen LogP contribution < -0.4 is 0 Å². The Bertz CT molecular complexity index is 770. The first-order valence-corrected chi connectivity index (χ1v) is 7.47. The minimum Gasteiger partial charge on any atom is -0.293 e. The molecule has 0 aliphatic heterocycles. The lowest BCUT2D eigenvalue weighted by molar-refractivity contribution is -0.137. The van der Waals surface area contributed by atoms with Crippen molar-refractivity contribution in [2.45, 2.75) is 31.4 Å². The number of Topliss-reactive ketones (excluding diaryl/α,β-unsaturated/α-hetero) is 1. The smallest absolute Gasteiger partial charge is 0.293 e. The van der Waals surface area contributed by atoms with E-state index in [0.717, 1.165) is 12.1 Å². The number of pyridine rings is 1. The quantitative estimate of drug-likeness (QED) is 0.696. The van der Waals surface area contributed by atoms with E-state index in [1.54, 1.807) is 19.1 Å². The predicted octanol–water partition coefficient (Wildman–Crippen LogP) is 4.84. The zero-order valence-electron chi connectivity index (χ0n) is 12.2. The summed E-state index contributed by atoms with van der Waals surface area (Å²) in [7, 11) is 0. The predicted molar refractivity (Wildman–Crippen MR) is 80.7 cm³/mol. The Morgan fingerprint density at radius 3 is 2.39 bits per heavy atom. The lowest BCUT2D eigenvalue weighted by Gasteiger charge is -2.33. The Balaban J connectivity index is 1.99. The number of alkyl halides is 3. The number of fused-ring (bicyclic) bond motifs is 1. The van der Waals surface area contributed by atoms with Gasteiger partial charge in [0, 0.05) is 5.56 Å².